The summed E-state index contributed by atoms with van der Waals surface area (Å²) in [5.74, 6) is -0.813. The number of anilines is 1. The molecule has 2 rings (SSSR count). The minimum absolute atomic E-state index is 0.0782. The summed E-state index contributed by atoms with van der Waals surface area (Å²) in [4.78, 5) is 33.6. The number of nitro groups is 1. The molecule has 0 bridgehead atoms. The van der Waals surface area contributed by atoms with Gasteiger partial charge < -0.3 is 15.2 Å². The number of nitrogen functional groups attached to an aromatic ring is 1. The lowest BCUT2D eigenvalue weighted by Crippen LogP contribution is -2.07. The molecular formula is C24H36N6O6. The quantitative estimate of drug-likeness (QED) is 0.232. The normalized spacial score (nSPS) is 11.6. The number of esters is 2. The molecule has 0 spiro atoms. The van der Waals surface area contributed by atoms with Crippen molar-refractivity contribution in [3.05, 3.63) is 44.0 Å². The molecule has 0 aromatic carbocycles. The van der Waals surface area contributed by atoms with Crippen LogP contribution in [0.5, 0.6) is 0 Å². The summed E-state index contributed by atoms with van der Waals surface area (Å²) in [6, 6.07) is 0. The fourth-order valence-corrected chi connectivity index (χ4v) is 3.22. The number of carbonyl (C=O) groups is 2. The molecule has 2 aromatic heterocycles. The van der Waals surface area contributed by atoms with E-state index in [9.17, 15) is 19.7 Å². The number of nitrogens with two attached hydrogens (primary N) is 1. The van der Waals surface area contributed by atoms with Gasteiger partial charge in [-0.2, -0.15) is 10.2 Å². The highest BCUT2D eigenvalue weighted by Gasteiger charge is 2.24. The molecule has 36 heavy (non-hydrogen) atoms. The Kier molecular flexibility index (Phi) is 11.5. The molecule has 0 saturated heterocycles. The summed E-state index contributed by atoms with van der Waals surface area (Å²) in [6.45, 7) is 15.8. The van der Waals surface area contributed by atoms with Crippen molar-refractivity contribution in [3.63, 3.8) is 0 Å². The maximum Gasteiger partial charge on any atom is 0.333 e. The summed E-state index contributed by atoms with van der Waals surface area (Å²) < 4.78 is 13.0. The van der Waals surface area contributed by atoms with E-state index in [1.807, 2.05) is 20.8 Å². The SMILES string of the molecule is CCOC(=O)/C(C)=C/c1c(N)c(C)nn1CC.CCOC(=O)/C(C)=C/c1c([N+](=O)[O-])c(C)nn1CC. The van der Waals surface area contributed by atoms with Crippen LogP contribution in [0.2, 0.25) is 0 Å². The molecule has 0 atom stereocenters. The van der Waals surface area contributed by atoms with Gasteiger partial charge in [0.15, 0.2) is 0 Å². The smallest absolute Gasteiger partial charge is 0.333 e. The Hall–Kier alpha value is -3.96. The van der Waals surface area contributed by atoms with Crippen molar-refractivity contribution in [1.29, 1.82) is 0 Å². The van der Waals surface area contributed by atoms with Crippen molar-refractivity contribution in [2.45, 2.75) is 68.5 Å². The molecule has 12 heteroatoms. The zero-order chi connectivity index (χ0) is 27.6. The van der Waals surface area contributed by atoms with E-state index in [1.54, 1.807) is 45.4 Å². The van der Waals surface area contributed by atoms with Gasteiger partial charge in [-0.05, 0) is 67.5 Å². The molecular weight excluding hydrogens is 468 g/mol. The second kappa shape index (κ2) is 13.8. The zero-order valence-corrected chi connectivity index (χ0v) is 22.2. The Balaban J connectivity index is 0.000000362. The maximum absolute atomic E-state index is 11.5. The molecule has 198 valence electrons. The van der Waals surface area contributed by atoms with E-state index in [0.29, 0.717) is 47.9 Å². The average Bonchev–Trinajstić information content (AvgIpc) is 3.29. The Labute approximate surface area is 210 Å². The first-order valence-corrected chi connectivity index (χ1v) is 11.7. The second-order valence-corrected chi connectivity index (χ2v) is 7.69. The zero-order valence-electron chi connectivity index (χ0n) is 22.2. The van der Waals surface area contributed by atoms with E-state index in [4.69, 9.17) is 15.2 Å². The Morgan fingerprint density at radius 2 is 1.31 bits per heavy atom. The Morgan fingerprint density at radius 1 is 0.889 bits per heavy atom. The van der Waals surface area contributed by atoms with E-state index in [2.05, 4.69) is 10.2 Å². The van der Waals surface area contributed by atoms with Crippen LogP contribution in [0.15, 0.2) is 11.1 Å². The van der Waals surface area contributed by atoms with E-state index < -0.39 is 10.9 Å². The highest BCUT2D eigenvalue weighted by Crippen LogP contribution is 2.25. The van der Waals surface area contributed by atoms with E-state index in [0.717, 1.165) is 11.4 Å². The molecule has 0 aliphatic rings. The van der Waals surface area contributed by atoms with Crippen molar-refractivity contribution >= 4 is 35.5 Å². The number of aromatic nitrogens is 4. The van der Waals surface area contributed by atoms with Crippen molar-refractivity contribution in [3.8, 4) is 0 Å². The molecule has 2 aromatic rings. The monoisotopic (exact) mass is 504 g/mol. The van der Waals surface area contributed by atoms with Crippen molar-refractivity contribution in [2.75, 3.05) is 18.9 Å². The third-order valence-electron chi connectivity index (χ3n) is 5.03. The number of ether oxygens (including phenoxy) is 2. The molecule has 0 saturated carbocycles. The van der Waals surface area contributed by atoms with E-state index >= 15 is 0 Å². The first kappa shape index (κ1) is 30.1. The molecule has 2 heterocycles. The van der Waals surface area contributed by atoms with Crippen LogP contribution in [-0.2, 0) is 32.2 Å². The predicted molar refractivity (Wildman–Crippen MR) is 137 cm³/mol. The summed E-state index contributed by atoms with van der Waals surface area (Å²) in [7, 11) is 0. The van der Waals surface area contributed by atoms with Gasteiger partial charge in [-0.3, -0.25) is 19.5 Å². The van der Waals surface area contributed by atoms with Crippen molar-refractivity contribution in [2.24, 2.45) is 0 Å². The second-order valence-electron chi connectivity index (χ2n) is 7.69. The van der Waals surface area contributed by atoms with Crippen LogP contribution in [-0.4, -0.2) is 49.6 Å². The minimum atomic E-state index is -0.488. The van der Waals surface area contributed by atoms with Gasteiger partial charge in [0.25, 0.3) is 0 Å². The lowest BCUT2D eigenvalue weighted by molar-refractivity contribution is -0.385. The number of aryl methyl sites for hydroxylation is 4. The number of nitrogens with zero attached hydrogens (tertiary/aromatic N) is 5. The summed E-state index contributed by atoms with van der Waals surface area (Å²) >= 11 is 0. The van der Waals surface area contributed by atoms with Crippen molar-refractivity contribution in [1.82, 2.24) is 19.6 Å². The Morgan fingerprint density at radius 3 is 1.72 bits per heavy atom. The van der Waals surface area contributed by atoms with Gasteiger partial charge in [0.1, 0.15) is 11.4 Å². The van der Waals surface area contributed by atoms with Crippen LogP contribution >= 0.6 is 0 Å². The first-order chi connectivity index (χ1) is 16.9. The third-order valence-corrected chi connectivity index (χ3v) is 5.03. The lowest BCUT2D eigenvalue weighted by Gasteiger charge is -2.04. The molecule has 0 unspecified atom stereocenters. The summed E-state index contributed by atoms with van der Waals surface area (Å²) in [5.41, 5.74) is 9.45. The summed E-state index contributed by atoms with van der Waals surface area (Å²) in [6.07, 6.45) is 3.16. The van der Waals surface area contributed by atoms with Gasteiger partial charge in [0, 0.05) is 24.2 Å². The van der Waals surface area contributed by atoms with Gasteiger partial charge in [-0.15, -0.1) is 0 Å². The van der Waals surface area contributed by atoms with Gasteiger partial charge in [-0.25, -0.2) is 9.59 Å². The number of hydrogen-bond acceptors (Lipinski definition) is 9. The van der Waals surface area contributed by atoms with Crippen LogP contribution in [0, 0.1) is 24.0 Å². The van der Waals surface area contributed by atoms with Crippen LogP contribution in [0.3, 0.4) is 0 Å². The molecule has 0 aliphatic heterocycles. The first-order valence-electron chi connectivity index (χ1n) is 11.7. The van der Waals surface area contributed by atoms with Gasteiger partial charge in [-0.1, -0.05) is 0 Å². The lowest BCUT2D eigenvalue weighted by atomic mass is 10.2. The molecule has 12 nitrogen and oxygen atoms in total. The predicted octanol–water partition coefficient (Wildman–Crippen LogP) is 3.85. The molecule has 0 amide bonds. The van der Waals surface area contributed by atoms with E-state index in [-0.39, 0.29) is 18.3 Å². The van der Waals surface area contributed by atoms with Crippen LogP contribution in [0.25, 0.3) is 12.2 Å². The van der Waals surface area contributed by atoms with Gasteiger partial charge in [0.2, 0.25) is 0 Å². The van der Waals surface area contributed by atoms with Crippen LogP contribution in [0.1, 0.15) is 64.3 Å². The van der Waals surface area contributed by atoms with Crippen LogP contribution < -0.4 is 5.73 Å². The molecule has 0 aliphatic carbocycles. The molecule has 0 radical (unpaired) electrons. The van der Waals surface area contributed by atoms with Gasteiger partial charge in [0.05, 0.1) is 35.2 Å². The van der Waals surface area contributed by atoms with E-state index in [1.165, 1.54) is 10.8 Å². The van der Waals surface area contributed by atoms with Crippen LogP contribution in [0.4, 0.5) is 11.4 Å². The number of rotatable bonds is 9. The largest absolute Gasteiger partial charge is 0.463 e. The number of carbonyl (C=O) groups excluding carboxylic acids is 2. The standard InChI is InChI=1S/C12H17N3O4.C12H19N3O2/c1-5-14-10(7-8(3)12(16)19-6-2)11(15(17)18)9(4)13-14;1-5-15-10(11(13)9(4)14-15)7-8(3)12(16)17-6-2/h7H,5-6H2,1-4H3;7H,5-6,13H2,1-4H3/b2*8-7+. The fraction of sp³-hybridized carbons (Fsp3) is 0.500. The van der Waals surface area contributed by atoms with Crippen molar-refractivity contribution < 1.29 is 24.0 Å². The maximum atomic E-state index is 11.5. The van der Waals surface area contributed by atoms with Gasteiger partial charge >= 0.3 is 17.6 Å². The Bertz CT molecular complexity index is 1160. The minimum Gasteiger partial charge on any atom is -0.463 e. The highest BCUT2D eigenvalue weighted by molar-refractivity contribution is 5.94. The third kappa shape index (κ3) is 7.52. The fourth-order valence-electron chi connectivity index (χ4n) is 3.22. The topological polar surface area (TPSA) is 157 Å². The highest BCUT2D eigenvalue weighted by atomic mass is 16.6. The molecule has 0 fully saturated rings. The molecule has 2 N–H and O–H groups in total. The average molecular weight is 505 g/mol. The summed E-state index contributed by atoms with van der Waals surface area (Å²) in [5, 5.41) is 19.4. The number of hydrogen-bond donors (Lipinski definition) is 1.